The molecule has 112 valence electrons. The number of rotatable bonds is 4. The van der Waals surface area contributed by atoms with Crippen LogP contribution in [0.3, 0.4) is 0 Å². The highest BCUT2D eigenvalue weighted by Crippen LogP contribution is 2.22. The highest BCUT2D eigenvalue weighted by molar-refractivity contribution is 7.91. The molecular weight excluding hydrogens is 274 g/mol. The van der Waals surface area contributed by atoms with Gasteiger partial charge in [0.15, 0.2) is 9.84 Å². The molecule has 1 aromatic heterocycles. The number of nitrogens with one attached hydrogen (secondary N) is 1. The normalized spacial score (nSPS) is 23.6. The van der Waals surface area contributed by atoms with Crippen LogP contribution < -0.4 is 10.2 Å². The molecule has 2 rings (SSSR count). The summed E-state index contributed by atoms with van der Waals surface area (Å²) >= 11 is 0. The second-order valence-electron chi connectivity index (χ2n) is 5.35. The summed E-state index contributed by atoms with van der Waals surface area (Å²) in [6.07, 6.45) is 2.84. The van der Waals surface area contributed by atoms with Crippen molar-refractivity contribution in [3.05, 3.63) is 24.0 Å². The molecule has 0 radical (unpaired) electrons. The number of aromatic nitrogens is 1. The van der Waals surface area contributed by atoms with Crippen LogP contribution in [0.1, 0.15) is 32.0 Å². The Kier molecular flexibility index (Phi) is 4.65. The van der Waals surface area contributed by atoms with Crippen LogP contribution in [0.5, 0.6) is 0 Å². The van der Waals surface area contributed by atoms with Crippen LogP contribution in [0.15, 0.2) is 18.3 Å². The van der Waals surface area contributed by atoms with Crippen LogP contribution in [0, 0.1) is 0 Å². The van der Waals surface area contributed by atoms with Crippen molar-refractivity contribution in [2.75, 3.05) is 30.0 Å². The smallest absolute Gasteiger partial charge is 0.154 e. The number of anilines is 1. The number of pyridine rings is 1. The van der Waals surface area contributed by atoms with Gasteiger partial charge in [0.05, 0.1) is 29.1 Å². The maximum absolute atomic E-state index is 11.6. The molecule has 0 saturated carbocycles. The molecule has 1 fully saturated rings. The third-order valence-corrected chi connectivity index (χ3v) is 5.68. The molecule has 2 atom stereocenters. The fourth-order valence-electron chi connectivity index (χ4n) is 2.72. The first-order valence-electron chi connectivity index (χ1n) is 7.07. The average molecular weight is 297 g/mol. The summed E-state index contributed by atoms with van der Waals surface area (Å²) in [5.74, 6) is 0.454. The van der Waals surface area contributed by atoms with Gasteiger partial charge in [-0.1, -0.05) is 6.92 Å². The number of nitrogens with zero attached hydrogens (tertiary/aromatic N) is 2. The van der Waals surface area contributed by atoms with E-state index in [1.165, 1.54) is 0 Å². The quantitative estimate of drug-likeness (QED) is 0.909. The standard InChI is InChI=1S/C14H23N3O2S/c1-4-13(15-3)14-6-5-12(9-16-14)17-7-8-20(18,19)10-11(17)2/h5-6,9,11,13,15H,4,7-8,10H2,1-3H3. The summed E-state index contributed by atoms with van der Waals surface area (Å²) in [5, 5.41) is 3.23. The van der Waals surface area contributed by atoms with Gasteiger partial charge >= 0.3 is 0 Å². The molecule has 1 N–H and O–H groups in total. The lowest BCUT2D eigenvalue weighted by Crippen LogP contribution is -2.47. The number of sulfone groups is 1. The molecule has 1 aromatic rings. The van der Waals surface area contributed by atoms with Gasteiger partial charge in [-0.2, -0.15) is 0 Å². The molecule has 1 aliphatic rings. The van der Waals surface area contributed by atoms with E-state index in [-0.39, 0.29) is 23.6 Å². The van der Waals surface area contributed by atoms with Crippen molar-refractivity contribution < 1.29 is 8.42 Å². The fourth-order valence-corrected chi connectivity index (χ4v) is 4.27. The molecule has 0 aromatic carbocycles. The predicted molar refractivity (Wildman–Crippen MR) is 81.8 cm³/mol. The average Bonchev–Trinajstić information content (AvgIpc) is 2.40. The molecule has 6 heteroatoms. The zero-order valence-corrected chi connectivity index (χ0v) is 13.2. The molecule has 0 spiro atoms. The molecular formula is C14H23N3O2S. The second-order valence-corrected chi connectivity index (χ2v) is 7.58. The Morgan fingerprint density at radius 2 is 2.25 bits per heavy atom. The third kappa shape index (κ3) is 3.30. The van der Waals surface area contributed by atoms with Crippen LogP contribution >= 0.6 is 0 Å². The molecule has 20 heavy (non-hydrogen) atoms. The molecule has 2 unspecified atom stereocenters. The second kappa shape index (κ2) is 6.10. The van der Waals surface area contributed by atoms with Crippen molar-refractivity contribution in [1.82, 2.24) is 10.3 Å². The Morgan fingerprint density at radius 3 is 2.75 bits per heavy atom. The van der Waals surface area contributed by atoms with Gasteiger partial charge in [-0.25, -0.2) is 8.42 Å². The molecule has 1 aliphatic heterocycles. The highest BCUT2D eigenvalue weighted by atomic mass is 32.2. The molecule has 0 bridgehead atoms. The minimum absolute atomic E-state index is 0.00710. The topological polar surface area (TPSA) is 62.3 Å². The van der Waals surface area contributed by atoms with Crippen molar-refractivity contribution in [2.45, 2.75) is 32.4 Å². The van der Waals surface area contributed by atoms with Crippen LogP contribution in [-0.4, -0.2) is 44.5 Å². The maximum atomic E-state index is 11.6. The van der Waals surface area contributed by atoms with Crippen LogP contribution in [0.25, 0.3) is 0 Å². The first kappa shape index (κ1) is 15.3. The summed E-state index contributed by atoms with van der Waals surface area (Å²) in [6, 6.07) is 4.34. The van der Waals surface area contributed by atoms with E-state index in [4.69, 9.17) is 0 Å². The van der Waals surface area contributed by atoms with Gasteiger partial charge in [-0.3, -0.25) is 4.98 Å². The SMILES string of the molecule is CCC(NC)c1ccc(N2CCS(=O)(=O)CC2C)cn1. The van der Waals surface area contributed by atoms with Gasteiger partial charge in [0.2, 0.25) is 0 Å². The lowest BCUT2D eigenvalue weighted by atomic mass is 10.1. The summed E-state index contributed by atoms with van der Waals surface area (Å²) < 4.78 is 23.2. The molecule has 5 nitrogen and oxygen atoms in total. The summed E-state index contributed by atoms with van der Waals surface area (Å²) in [6.45, 7) is 4.62. The Bertz CT molecular complexity index is 538. The van der Waals surface area contributed by atoms with E-state index in [1.807, 2.05) is 32.3 Å². The minimum atomic E-state index is -2.87. The summed E-state index contributed by atoms with van der Waals surface area (Å²) in [5.41, 5.74) is 2.03. The van der Waals surface area contributed by atoms with E-state index in [2.05, 4.69) is 22.1 Å². The number of hydrogen-bond acceptors (Lipinski definition) is 5. The van der Waals surface area contributed by atoms with Crippen molar-refractivity contribution in [1.29, 1.82) is 0 Å². The van der Waals surface area contributed by atoms with Crippen molar-refractivity contribution in [3.8, 4) is 0 Å². The summed E-state index contributed by atoms with van der Waals surface area (Å²) in [7, 11) is -0.943. The van der Waals surface area contributed by atoms with Crippen LogP contribution in [0.2, 0.25) is 0 Å². The zero-order chi connectivity index (χ0) is 14.8. The predicted octanol–water partition coefficient (Wildman–Crippen LogP) is 1.38. The van der Waals surface area contributed by atoms with Gasteiger partial charge < -0.3 is 10.2 Å². The molecule has 2 heterocycles. The van der Waals surface area contributed by atoms with E-state index < -0.39 is 9.84 Å². The van der Waals surface area contributed by atoms with Crippen LogP contribution in [-0.2, 0) is 9.84 Å². The molecule has 0 aliphatic carbocycles. The fraction of sp³-hybridized carbons (Fsp3) is 0.643. The minimum Gasteiger partial charge on any atom is -0.366 e. The Balaban J connectivity index is 2.14. The first-order valence-corrected chi connectivity index (χ1v) is 8.89. The Hall–Kier alpha value is -1.14. The van der Waals surface area contributed by atoms with E-state index in [0.29, 0.717) is 6.54 Å². The van der Waals surface area contributed by atoms with Gasteiger partial charge in [0.1, 0.15) is 0 Å². The van der Waals surface area contributed by atoms with E-state index in [9.17, 15) is 8.42 Å². The zero-order valence-electron chi connectivity index (χ0n) is 12.3. The van der Waals surface area contributed by atoms with Gasteiger partial charge in [-0.15, -0.1) is 0 Å². The number of hydrogen-bond donors (Lipinski definition) is 1. The van der Waals surface area contributed by atoms with Crippen molar-refractivity contribution in [3.63, 3.8) is 0 Å². The first-order chi connectivity index (χ1) is 9.46. The summed E-state index contributed by atoms with van der Waals surface area (Å²) in [4.78, 5) is 6.64. The molecule has 1 saturated heterocycles. The van der Waals surface area contributed by atoms with Crippen molar-refractivity contribution >= 4 is 15.5 Å². The van der Waals surface area contributed by atoms with Gasteiger partial charge in [0, 0.05) is 18.6 Å². The molecule has 0 amide bonds. The largest absolute Gasteiger partial charge is 0.366 e. The lowest BCUT2D eigenvalue weighted by molar-refractivity contribution is 0.559. The highest BCUT2D eigenvalue weighted by Gasteiger charge is 2.28. The Labute approximate surface area is 121 Å². The van der Waals surface area contributed by atoms with E-state index in [0.717, 1.165) is 17.8 Å². The van der Waals surface area contributed by atoms with Crippen LogP contribution in [0.4, 0.5) is 5.69 Å². The van der Waals surface area contributed by atoms with Gasteiger partial charge in [0.25, 0.3) is 0 Å². The Morgan fingerprint density at radius 1 is 1.50 bits per heavy atom. The third-order valence-electron chi connectivity index (χ3n) is 3.89. The monoisotopic (exact) mass is 297 g/mol. The van der Waals surface area contributed by atoms with E-state index >= 15 is 0 Å². The maximum Gasteiger partial charge on any atom is 0.154 e. The van der Waals surface area contributed by atoms with Gasteiger partial charge in [-0.05, 0) is 32.5 Å². The lowest BCUT2D eigenvalue weighted by Gasteiger charge is -2.35. The van der Waals surface area contributed by atoms with E-state index in [1.54, 1.807) is 0 Å². The van der Waals surface area contributed by atoms with Crippen molar-refractivity contribution in [2.24, 2.45) is 0 Å².